The van der Waals surface area contributed by atoms with Gasteiger partial charge in [-0.05, 0) is 66.0 Å². The second-order valence-electron chi connectivity index (χ2n) is 8.93. The molecule has 0 heterocycles. The molecule has 3 rings (SSSR count). The molecule has 5 heteroatoms. The molecule has 154 valence electrons. The monoisotopic (exact) mass is 395 g/mol. The molecule has 0 fully saturated rings. The summed E-state index contributed by atoms with van der Waals surface area (Å²) in [6.07, 6.45) is 2.16. The second kappa shape index (κ2) is 7.54. The van der Waals surface area contributed by atoms with Gasteiger partial charge in [-0.25, -0.2) is 4.79 Å². The average Bonchev–Trinajstić information content (AvgIpc) is 2.67. The first kappa shape index (κ1) is 20.9. The summed E-state index contributed by atoms with van der Waals surface area (Å²) in [7, 11) is 0. The Kier molecular flexibility index (Phi) is 5.44. The summed E-state index contributed by atoms with van der Waals surface area (Å²) in [6.45, 7) is 11.4. The van der Waals surface area contributed by atoms with Crippen LogP contribution >= 0.6 is 0 Å². The standard InChI is InChI=1S/C24H29NO4/c1-6-29-20-14-19-18(23(2,3)11-12-24(19,4)5)13-17(20)21(25-28)15-7-9-16(10-8-15)22(26)27/h7-10,13-14,28H,6,11-12H2,1-5H3,(H,26,27)/b25-21+. The lowest BCUT2D eigenvalue weighted by molar-refractivity contribution is 0.0697. The van der Waals surface area contributed by atoms with Crippen LogP contribution in [0.2, 0.25) is 0 Å². The van der Waals surface area contributed by atoms with Crippen molar-refractivity contribution in [2.45, 2.75) is 58.3 Å². The summed E-state index contributed by atoms with van der Waals surface area (Å²) in [5.74, 6) is -0.320. The molecule has 0 unspecified atom stereocenters. The third-order valence-electron chi connectivity index (χ3n) is 6.01. The number of fused-ring (bicyclic) bond motifs is 1. The topological polar surface area (TPSA) is 79.1 Å². The van der Waals surface area contributed by atoms with Gasteiger partial charge in [0.1, 0.15) is 11.5 Å². The average molecular weight is 395 g/mol. The van der Waals surface area contributed by atoms with Crippen LogP contribution in [0.3, 0.4) is 0 Å². The molecule has 0 spiro atoms. The fourth-order valence-electron chi connectivity index (χ4n) is 4.09. The van der Waals surface area contributed by atoms with Crippen LogP contribution in [0.5, 0.6) is 5.75 Å². The Labute approximate surface area is 172 Å². The Hall–Kier alpha value is -2.82. The van der Waals surface area contributed by atoms with Crippen molar-refractivity contribution in [2.75, 3.05) is 6.61 Å². The third-order valence-corrected chi connectivity index (χ3v) is 6.01. The minimum atomic E-state index is -0.994. The van der Waals surface area contributed by atoms with Gasteiger partial charge in [0.05, 0.1) is 12.2 Å². The zero-order valence-electron chi connectivity index (χ0n) is 17.7. The Morgan fingerprint density at radius 3 is 2.00 bits per heavy atom. The lowest BCUT2D eigenvalue weighted by Gasteiger charge is -2.42. The van der Waals surface area contributed by atoms with E-state index in [2.05, 4.69) is 45.0 Å². The molecular formula is C24H29NO4. The number of nitrogens with zero attached hydrogens (tertiary/aromatic N) is 1. The van der Waals surface area contributed by atoms with Gasteiger partial charge in [-0.3, -0.25) is 0 Å². The summed E-state index contributed by atoms with van der Waals surface area (Å²) < 4.78 is 5.94. The molecule has 0 saturated heterocycles. The van der Waals surface area contributed by atoms with Gasteiger partial charge in [0.2, 0.25) is 0 Å². The van der Waals surface area contributed by atoms with Crippen LogP contribution < -0.4 is 4.74 Å². The molecule has 2 aromatic carbocycles. The summed E-state index contributed by atoms with van der Waals surface area (Å²) in [5.41, 5.74) is 4.42. The number of aromatic carboxylic acids is 1. The maximum atomic E-state index is 11.2. The van der Waals surface area contributed by atoms with Gasteiger partial charge in [0, 0.05) is 11.1 Å². The zero-order valence-corrected chi connectivity index (χ0v) is 17.7. The molecule has 0 aliphatic heterocycles. The van der Waals surface area contributed by atoms with E-state index in [1.165, 1.54) is 23.3 Å². The zero-order chi connectivity index (χ0) is 21.4. The highest BCUT2D eigenvalue weighted by molar-refractivity contribution is 6.14. The van der Waals surface area contributed by atoms with E-state index in [1.54, 1.807) is 12.1 Å². The van der Waals surface area contributed by atoms with Gasteiger partial charge in [0.25, 0.3) is 0 Å². The number of carbonyl (C=O) groups is 1. The number of benzene rings is 2. The smallest absolute Gasteiger partial charge is 0.335 e. The van der Waals surface area contributed by atoms with Crippen LogP contribution in [0.15, 0.2) is 41.6 Å². The molecule has 0 atom stereocenters. The van der Waals surface area contributed by atoms with Crippen LogP contribution in [-0.2, 0) is 10.8 Å². The molecule has 1 aliphatic rings. The number of oxime groups is 1. The van der Waals surface area contributed by atoms with E-state index < -0.39 is 5.97 Å². The van der Waals surface area contributed by atoms with E-state index in [1.807, 2.05) is 6.92 Å². The SMILES string of the molecule is CCOc1cc2c(cc1/C(=N/O)c1ccc(C(=O)O)cc1)C(C)(C)CCC2(C)C. The molecule has 0 aromatic heterocycles. The van der Waals surface area contributed by atoms with Crippen LogP contribution in [0, 0.1) is 0 Å². The maximum absolute atomic E-state index is 11.2. The van der Waals surface area contributed by atoms with Crippen molar-refractivity contribution in [3.05, 3.63) is 64.2 Å². The van der Waals surface area contributed by atoms with E-state index in [0.29, 0.717) is 29.2 Å². The Morgan fingerprint density at radius 2 is 1.52 bits per heavy atom. The second-order valence-corrected chi connectivity index (χ2v) is 8.93. The summed E-state index contributed by atoms with van der Waals surface area (Å²) in [5, 5.41) is 22.6. The van der Waals surface area contributed by atoms with Crippen molar-refractivity contribution in [2.24, 2.45) is 5.16 Å². The Bertz CT molecular complexity index is 956. The quantitative estimate of drug-likeness (QED) is 0.406. The van der Waals surface area contributed by atoms with E-state index >= 15 is 0 Å². The van der Waals surface area contributed by atoms with Gasteiger partial charge < -0.3 is 15.1 Å². The van der Waals surface area contributed by atoms with Gasteiger partial charge in [0.15, 0.2) is 0 Å². The van der Waals surface area contributed by atoms with E-state index in [-0.39, 0.29) is 16.4 Å². The number of carboxylic acids is 1. The van der Waals surface area contributed by atoms with Crippen LogP contribution in [0.25, 0.3) is 0 Å². The molecule has 0 bridgehead atoms. The van der Waals surface area contributed by atoms with E-state index in [9.17, 15) is 10.0 Å². The fraction of sp³-hybridized carbons (Fsp3) is 0.417. The van der Waals surface area contributed by atoms with Gasteiger partial charge in [-0.15, -0.1) is 0 Å². The first-order valence-electron chi connectivity index (χ1n) is 9.98. The largest absolute Gasteiger partial charge is 0.493 e. The molecule has 0 radical (unpaired) electrons. The Balaban J connectivity index is 2.20. The highest BCUT2D eigenvalue weighted by Gasteiger charge is 2.38. The van der Waals surface area contributed by atoms with Crippen molar-refractivity contribution in [3.8, 4) is 5.75 Å². The number of carboxylic acid groups (broad SMARTS) is 1. The molecule has 2 aromatic rings. The summed E-state index contributed by atoms with van der Waals surface area (Å²) in [6, 6.07) is 10.5. The van der Waals surface area contributed by atoms with Crippen molar-refractivity contribution < 1.29 is 19.8 Å². The predicted octanol–water partition coefficient (Wildman–Crippen LogP) is 5.36. The highest BCUT2D eigenvalue weighted by atomic mass is 16.5. The normalized spacial score (nSPS) is 17.5. The molecule has 2 N–H and O–H groups in total. The number of hydrogen-bond donors (Lipinski definition) is 2. The first-order valence-corrected chi connectivity index (χ1v) is 9.98. The number of rotatable bonds is 5. The van der Waals surface area contributed by atoms with Crippen LogP contribution in [0.4, 0.5) is 0 Å². The maximum Gasteiger partial charge on any atom is 0.335 e. The van der Waals surface area contributed by atoms with Gasteiger partial charge >= 0.3 is 5.97 Å². The van der Waals surface area contributed by atoms with Crippen molar-refractivity contribution in [1.82, 2.24) is 0 Å². The van der Waals surface area contributed by atoms with Crippen LogP contribution in [-0.4, -0.2) is 28.6 Å². The van der Waals surface area contributed by atoms with E-state index in [4.69, 9.17) is 9.84 Å². The van der Waals surface area contributed by atoms with Gasteiger partial charge in [-0.2, -0.15) is 0 Å². The van der Waals surface area contributed by atoms with Crippen molar-refractivity contribution in [3.63, 3.8) is 0 Å². The molecule has 5 nitrogen and oxygen atoms in total. The lowest BCUT2D eigenvalue weighted by atomic mass is 9.62. The number of hydrogen-bond acceptors (Lipinski definition) is 4. The van der Waals surface area contributed by atoms with Crippen LogP contribution in [0.1, 0.15) is 80.1 Å². The number of ether oxygens (including phenoxy) is 1. The van der Waals surface area contributed by atoms with Crippen molar-refractivity contribution in [1.29, 1.82) is 0 Å². The molecule has 1 aliphatic carbocycles. The molecule has 29 heavy (non-hydrogen) atoms. The van der Waals surface area contributed by atoms with Gasteiger partial charge in [-0.1, -0.05) is 45.0 Å². The van der Waals surface area contributed by atoms with E-state index in [0.717, 1.165) is 12.8 Å². The molecule has 0 amide bonds. The van der Waals surface area contributed by atoms with Crippen molar-refractivity contribution >= 4 is 11.7 Å². The minimum Gasteiger partial charge on any atom is -0.493 e. The summed E-state index contributed by atoms with van der Waals surface area (Å²) in [4.78, 5) is 11.2. The fourth-order valence-corrected chi connectivity index (χ4v) is 4.09. The first-order chi connectivity index (χ1) is 13.6. The Morgan fingerprint density at radius 1 is 1.00 bits per heavy atom. The molecular weight excluding hydrogens is 366 g/mol. The summed E-state index contributed by atoms with van der Waals surface area (Å²) >= 11 is 0. The predicted molar refractivity (Wildman–Crippen MR) is 114 cm³/mol. The minimum absolute atomic E-state index is 0.00191. The lowest BCUT2D eigenvalue weighted by Crippen LogP contribution is -2.34. The molecule has 0 saturated carbocycles. The third kappa shape index (κ3) is 3.86. The highest BCUT2D eigenvalue weighted by Crippen LogP contribution is 2.48.